The second kappa shape index (κ2) is 9.24. The van der Waals surface area contributed by atoms with Gasteiger partial charge in [-0.05, 0) is 56.0 Å². The number of thiophene rings is 1. The average molecular weight is 406 g/mol. The van der Waals surface area contributed by atoms with E-state index >= 15 is 0 Å². The van der Waals surface area contributed by atoms with E-state index in [4.69, 9.17) is 0 Å². The molecule has 2 saturated heterocycles. The first-order chi connectivity index (χ1) is 13.6. The van der Waals surface area contributed by atoms with Crippen LogP contribution in [0.1, 0.15) is 61.8 Å². The highest BCUT2D eigenvalue weighted by Gasteiger charge is 2.41. The molecule has 3 aliphatic rings. The number of piperidine rings is 1. The lowest BCUT2D eigenvalue weighted by Crippen LogP contribution is -2.52. The number of nitrogens with zero attached hydrogens (tertiary/aromatic N) is 2. The number of hydrogen-bond donors (Lipinski definition) is 2. The number of carbonyl (C=O) groups is 1. The fourth-order valence-corrected chi connectivity index (χ4v) is 6.17. The zero-order valence-corrected chi connectivity index (χ0v) is 17.9. The highest BCUT2D eigenvalue weighted by Crippen LogP contribution is 2.28. The van der Waals surface area contributed by atoms with E-state index in [9.17, 15) is 9.90 Å². The predicted molar refractivity (Wildman–Crippen MR) is 113 cm³/mol. The number of likely N-dealkylation sites (tertiary alicyclic amines) is 2. The van der Waals surface area contributed by atoms with Crippen molar-refractivity contribution in [1.82, 2.24) is 15.1 Å². The van der Waals surface area contributed by atoms with Crippen LogP contribution in [0.4, 0.5) is 0 Å². The summed E-state index contributed by atoms with van der Waals surface area (Å²) in [5.74, 6) is 0.153. The Hall–Kier alpha value is -0.950. The highest BCUT2D eigenvalue weighted by atomic mass is 32.1. The van der Waals surface area contributed by atoms with Gasteiger partial charge in [0.2, 0.25) is 5.91 Å². The summed E-state index contributed by atoms with van der Waals surface area (Å²) in [5, 5.41) is 15.8. The van der Waals surface area contributed by atoms with Crippen molar-refractivity contribution in [3.05, 3.63) is 21.9 Å². The number of rotatable bonds is 5. The third-order valence-corrected chi connectivity index (χ3v) is 7.94. The van der Waals surface area contributed by atoms with Crippen molar-refractivity contribution in [2.75, 3.05) is 19.6 Å². The lowest BCUT2D eigenvalue weighted by atomic mass is 9.95. The first-order valence-corrected chi connectivity index (χ1v) is 12.0. The average Bonchev–Trinajstić information content (AvgIpc) is 3.29. The Kier molecular flexibility index (Phi) is 6.71. The van der Waals surface area contributed by atoms with Crippen LogP contribution in [0.25, 0.3) is 0 Å². The van der Waals surface area contributed by atoms with Crippen LogP contribution >= 0.6 is 11.3 Å². The SMILES string of the molecule is Cc1ccsc1CN1CCC(N2C[C@H](O)C[C@H]2C(=O)NC2CCCCC2)CC1. The van der Waals surface area contributed by atoms with E-state index < -0.39 is 0 Å². The molecule has 156 valence electrons. The van der Waals surface area contributed by atoms with Gasteiger partial charge in [-0.2, -0.15) is 0 Å². The van der Waals surface area contributed by atoms with E-state index in [0.717, 1.165) is 45.3 Å². The molecule has 2 N–H and O–H groups in total. The molecule has 1 aromatic rings. The van der Waals surface area contributed by atoms with Crippen molar-refractivity contribution in [2.45, 2.75) is 89.1 Å². The first kappa shape index (κ1) is 20.3. The molecule has 0 unspecified atom stereocenters. The van der Waals surface area contributed by atoms with Crippen LogP contribution < -0.4 is 5.32 Å². The molecule has 0 radical (unpaired) electrons. The Bertz CT molecular complexity index is 650. The molecule has 6 heteroatoms. The Balaban J connectivity index is 1.31. The van der Waals surface area contributed by atoms with E-state index in [-0.39, 0.29) is 18.1 Å². The summed E-state index contributed by atoms with van der Waals surface area (Å²) < 4.78 is 0. The third kappa shape index (κ3) is 4.78. The Morgan fingerprint density at radius 1 is 1.21 bits per heavy atom. The highest BCUT2D eigenvalue weighted by molar-refractivity contribution is 7.10. The summed E-state index contributed by atoms with van der Waals surface area (Å²) in [5.41, 5.74) is 1.40. The normalized spacial score (nSPS) is 28.6. The minimum absolute atomic E-state index is 0.145. The number of β-amino-alcohol motifs (C(OH)–C–C–N with tert-alkyl or cyclic N) is 1. The molecule has 1 aliphatic carbocycles. The van der Waals surface area contributed by atoms with E-state index in [1.54, 1.807) is 0 Å². The third-order valence-electron chi connectivity index (χ3n) is 6.93. The molecule has 1 saturated carbocycles. The van der Waals surface area contributed by atoms with Crippen molar-refractivity contribution < 1.29 is 9.90 Å². The van der Waals surface area contributed by atoms with Crippen molar-refractivity contribution >= 4 is 17.2 Å². The molecule has 1 aromatic heterocycles. The molecular weight excluding hydrogens is 370 g/mol. The summed E-state index contributed by atoms with van der Waals surface area (Å²) >= 11 is 1.85. The van der Waals surface area contributed by atoms with Crippen LogP contribution in [0.5, 0.6) is 0 Å². The molecule has 2 aliphatic heterocycles. The molecular formula is C22H35N3O2S. The number of amides is 1. The van der Waals surface area contributed by atoms with E-state index in [0.29, 0.717) is 25.0 Å². The summed E-state index contributed by atoms with van der Waals surface area (Å²) in [6, 6.07) is 2.82. The van der Waals surface area contributed by atoms with Crippen LogP contribution in [0, 0.1) is 6.92 Å². The Morgan fingerprint density at radius 3 is 2.64 bits per heavy atom. The maximum absolute atomic E-state index is 13.0. The fraction of sp³-hybridized carbons (Fsp3) is 0.773. The fourth-order valence-electron chi connectivity index (χ4n) is 5.22. The van der Waals surface area contributed by atoms with Crippen LogP contribution in [0.2, 0.25) is 0 Å². The van der Waals surface area contributed by atoms with E-state index in [1.807, 2.05) is 11.3 Å². The second-order valence-corrected chi connectivity index (χ2v) is 9.98. The van der Waals surface area contributed by atoms with Gasteiger partial charge in [-0.3, -0.25) is 14.6 Å². The van der Waals surface area contributed by atoms with Gasteiger partial charge in [-0.1, -0.05) is 19.3 Å². The van der Waals surface area contributed by atoms with Crippen molar-refractivity contribution in [3.63, 3.8) is 0 Å². The lowest BCUT2D eigenvalue weighted by Gasteiger charge is -2.39. The predicted octanol–water partition coefficient (Wildman–Crippen LogP) is 2.91. The monoisotopic (exact) mass is 405 g/mol. The molecule has 0 bridgehead atoms. The van der Waals surface area contributed by atoms with Gasteiger partial charge in [-0.15, -0.1) is 11.3 Å². The maximum Gasteiger partial charge on any atom is 0.237 e. The molecule has 5 nitrogen and oxygen atoms in total. The lowest BCUT2D eigenvalue weighted by molar-refractivity contribution is -0.127. The quantitative estimate of drug-likeness (QED) is 0.791. The molecule has 2 atom stereocenters. The Morgan fingerprint density at radius 2 is 1.96 bits per heavy atom. The summed E-state index contributed by atoms with van der Waals surface area (Å²) in [6.07, 6.45) is 8.37. The number of carbonyl (C=O) groups excluding carboxylic acids is 1. The van der Waals surface area contributed by atoms with Gasteiger partial charge in [0.15, 0.2) is 0 Å². The topological polar surface area (TPSA) is 55.8 Å². The summed E-state index contributed by atoms with van der Waals surface area (Å²) in [4.78, 5) is 19.3. The van der Waals surface area contributed by atoms with Crippen LogP contribution in [-0.2, 0) is 11.3 Å². The Labute approximate surface area is 173 Å². The number of aryl methyl sites for hydroxylation is 1. The second-order valence-electron chi connectivity index (χ2n) is 8.98. The van der Waals surface area contributed by atoms with Gasteiger partial charge in [0, 0.05) is 43.1 Å². The van der Waals surface area contributed by atoms with Crippen LogP contribution in [-0.4, -0.2) is 64.7 Å². The van der Waals surface area contributed by atoms with E-state index in [2.05, 4.69) is 33.5 Å². The zero-order valence-electron chi connectivity index (χ0n) is 17.1. The first-order valence-electron chi connectivity index (χ1n) is 11.1. The van der Waals surface area contributed by atoms with Gasteiger partial charge in [0.1, 0.15) is 0 Å². The molecule has 28 heavy (non-hydrogen) atoms. The maximum atomic E-state index is 13.0. The number of hydrogen-bond acceptors (Lipinski definition) is 5. The number of aliphatic hydroxyl groups excluding tert-OH is 1. The van der Waals surface area contributed by atoms with Crippen LogP contribution in [0.15, 0.2) is 11.4 Å². The van der Waals surface area contributed by atoms with Gasteiger partial charge in [-0.25, -0.2) is 0 Å². The van der Waals surface area contributed by atoms with Gasteiger partial charge < -0.3 is 10.4 Å². The smallest absolute Gasteiger partial charge is 0.237 e. The number of aliphatic hydroxyl groups is 1. The van der Waals surface area contributed by atoms with Gasteiger partial charge >= 0.3 is 0 Å². The molecule has 0 aromatic carbocycles. The molecule has 1 amide bonds. The van der Waals surface area contributed by atoms with Crippen molar-refractivity contribution in [3.8, 4) is 0 Å². The summed E-state index contributed by atoms with van der Waals surface area (Å²) in [6.45, 7) is 6.04. The van der Waals surface area contributed by atoms with E-state index in [1.165, 1.54) is 29.7 Å². The largest absolute Gasteiger partial charge is 0.392 e. The number of nitrogens with one attached hydrogen (secondary N) is 1. The molecule has 3 heterocycles. The minimum Gasteiger partial charge on any atom is -0.392 e. The van der Waals surface area contributed by atoms with Crippen molar-refractivity contribution in [2.24, 2.45) is 0 Å². The standard InChI is InChI=1S/C22H35N3O2S/c1-16-9-12-28-21(16)15-24-10-7-18(8-11-24)25-14-19(26)13-20(25)22(27)23-17-5-3-2-4-6-17/h9,12,17-20,26H,2-8,10-11,13-15H2,1H3,(H,23,27)/t19-,20+/m1/s1. The van der Waals surface area contributed by atoms with Gasteiger partial charge in [0.25, 0.3) is 0 Å². The molecule has 4 rings (SSSR count). The molecule has 0 spiro atoms. The molecule has 3 fully saturated rings. The zero-order chi connectivity index (χ0) is 19.5. The van der Waals surface area contributed by atoms with Gasteiger partial charge in [0.05, 0.1) is 12.1 Å². The summed E-state index contributed by atoms with van der Waals surface area (Å²) in [7, 11) is 0. The van der Waals surface area contributed by atoms with Crippen LogP contribution in [0.3, 0.4) is 0 Å². The van der Waals surface area contributed by atoms with Crippen molar-refractivity contribution in [1.29, 1.82) is 0 Å². The minimum atomic E-state index is -0.367.